The Hall–Kier alpha value is -3.14. The number of azo groups is 2. The molecule has 0 heterocycles. The first-order valence-electron chi connectivity index (χ1n) is 10.4. The van der Waals surface area contributed by atoms with Crippen LogP contribution in [0.5, 0.6) is 0 Å². The second-order valence-corrected chi connectivity index (χ2v) is 8.38. The van der Waals surface area contributed by atoms with Crippen molar-refractivity contribution < 1.29 is 0 Å². The topological polar surface area (TPSA) is 49.4 Å². The summed E-state index contributed by atoms with van der Waals surface area (Å²) in [6, 6.07) is 18.5. The molecule has 0 saturated carbocycles. The largest absolute Gasteiger partial charge is 0.151 e. The van der Waals surface area contributed by atoms with E-state index >= 15 is 0 Å². The minimum absolute atomic E-state index is 0.647. The molecule has 3 aromatic carbocycles. The van der Waals surface area contributed by atoms with Crippen molar-refractivity contribution in [3.05, 3.63) is 82.4 Å². The van der Waals surface area contributed by atoms with Crippen LogP contribution >= 0.6 is 0 Å². The maximum atomic E-state index is 4.47. The monoisotopic (exact) mass is 398 g/mol. The average Bonchev–Trinajstić information content (AvgIpc) is 2.69. The Labute approximate surface area is 179 Å². The zero-order valence-corrected chi connectivity index (χ0v) is 18.8. The third-order valence-electron chi connectivity index (χ3n) is 4.99. The van der Waals surface area contributed by atoms with Gasteiger partial charge in [0.05, 0.1) is 22.7 Å². The lowest BCUT2D eigenvalue weighted by Gasteiger charge is -2.06. The molecule has 3 aromatic rings. The quantitative estimate of drug-likeness (QED) is 0.372. The molecule has 0 fully saturated rings. The van der Waals surface area contributed by atoms with E-state index in [1.54, 1.807) is 0 Å². The fraction of sp³-hybridized carbons (Fsp3) is 0.308. The average molecular weight is 399 g/mol. The summed E-state index contributed by atoms with van der Waals surface area (Å²) < 4.78 is 0. The minimum atomic E-state index is 0.647. The number of aryl methyl sites for hydroxylation is 4. The van der Waals surface area contributed by atoms with Crippen molar-refractivity contribution in [3.63, 3.8) is 0 Å². The van der Waals surface area contributed by atoms with Crippen LogP contribution in [0.2, 0.25) is 0 Å². The van der Waals surface area contributed by atoms with Crippen LogP contribution in [0.4, 0.5) is 22.7 Å². The maximum Gasteiger partial charge on any atom is 0.0890 e. The van der Waals surface area contributed by atoms with Gasteiger partial charge < -0.3 is 0 Å². The number of benzene rings is 3. The van der Waals surface area contributed by atoms with Gasteiger partial charge in [0.2, 0.25) is 0 Å². The summed E-state index contributed by atoms with van der Waals surface area (Å²) in [6.07, 6.45) is 1.08. The maximum absolute atomic E-state index is 4.47. The van der Waals surface area contributed by atoms with Gasteiger partial charge in [-0.1, -0.05) is 43.7 Å². The van der Waals surface area contributed by atoms with Gasteiger partial charge in [-0.3, -0.25) is 0 Å². The molecule has 0 radical (unpaired) electrons. The highest BCUT2D eigenvalue weighted by Crippen LogP contribution is 2.31. The normalized spacial score (nSPS) is 11.8. The van der Waals surface area contributed by atoms with Crippen LogP contribution in [0.15, 0.2) is 75.1 Å². The molecule has 0 aliphatic carbocycles. The van der Waals surface area contributed by atoms with Gasteiger partial charge in [-0.05, 0) is 92.6 Å². The minimum Gasteiger partial charge on any atom is -0.151 e. The van der Waals surface area contributed by atoms with E-state index in [9.17, 15) is 0 Å². The fourth-order valence-electron chi connectivity index (χ4n) is 3.31. The van der Waals surface area contributed by atoms with Crippen LogP contribution < -0.4 is 0 Å². The molecule has 0 unspecified atom stereocenters. The van der Waals surface area contributed by atoms with Crippen LogP contribution in [0.25, 0.3) is 0 Å². The van der Waals surface area contributed by atoms with Crippen LogP contribution in [0.1, 0.15) is 41.7 Å². The molecule has 0 aromatic heterocycles. The molecule has 30 heavy (non-hydrogen) atoms. The SMILES string of the molecule is Cc1ccc(N=Nc2cc(C)c(N=Nc3ccc(CC(C)C)cc3)cc2C)c(C)c1. The van der Waals surface area contributed by atoms with Crippen LogP contribution in [0.3, 0.4) is 0 Å². The highest BCUT2D eigenvalue weighted by atomic mass is 15.1. The summed E-state index contributed by atoms with van der Waals surface area (Å²) in [7, 11) is 0. The predicted octanol–water partition coefficient (Wildman–Crippen LogP) is 8.95. The van der Waals surface area contributed by atoms with Gasteiger partial charge in [-0.2, -0.15) is 20.5 Å². The lowest BCUT2D eigenvalue weighted by molar-refractivity contribution is 0.647. The zero-order chi connectivity index (χ0) is 21.7. The zero-order valence-electron chi connectivity index (χ0n) is 18.8. The van der Waals surface area contributed by atoms with Gasteiger partial charge in [0.1, 0.15) is 0 Å². The summed E-state index contributed by atoms with van der Waals surface area (Å²) in [4.78, 5) is 0. The standard InChI is InChI=1S/C26H30N4/c1-17(2)13-22-8-10-23(11-9-22)27-29-25-15-21(6)26(16-20(25)5)30-28-24-12-7-18(3)14-19(24)4/h7-12,14-17H,13H2,1-6H3. The summed E-state index contributed by atoms with van der Waals surface area (Å²) >= 11 is 0. The predicted molar refractivity (Wildman–Crippen MR) is 125 cm³/mol. The molecule has 0 aliphatic heterocycles. The number of rotatable bonds is 6. The van der Waals surface area contributed by atoms with E-state index in [4.69, 9.17) is 0 Å². The molecule has 4 heteroatoms. The van der Waals surface area contributed by atoms with Crippen molar-refractivity contribution in [2.24, 2.45) is 26.4 Å². The molecule has 0 aliphatic rings. The van der Waals surface area contributed by atoms with Gasteiger partial charge >= 0.3 is 0 Å². The summed E-state index contributed by atoms with van der Waals surface area (Å²) in [5, 5.41) is 17.8. The van der Waals surface area contributed by atoms with E-state index < -0.39 is 0 Å². The molecular formula is C26H30N4. The van der Waals surface area contributed by atoms with E-state index in [0.29, 0.717) is 5.92 Å². The molecule has 3 rings (SSSR count). The van der Waals surface area contributed by atoms with Crippen LogP contribution in [-0.2, 0) is 6.42 Å². The number of hydrogen-bond donors (Lipinski definition) is 0. The molecule has 4 nitrogen and oxygen atoms in total. The number of nitrogens with zero attached hydrogens (tertiary/aromatic N) is 4. The van der Waals surface area contributed by atoms with Crippen molar-refractivity contribution in [2.45, 2.75) is 48.0 Å². The molecule has 0 bridgehead atoms. The summed E-state index contributed by atoms with van der Waals surface area (Å²) in [5.74, 6) is 0.647. The lowest BCUT2D eigenvalue weighted by Crippen LogP contribution is -1.92. The molecular weight excluding hydrogens is 368 g/mol. The first-order valence-corrected chi connectivity index (χ1v) is 10.4. The third-order valence-corrected chi connectivity index (χ3v) is 4.99. The molecule has 0 atom stereocenters. The molecule has 154 valence electrons. The number of hydrogen-bond acceptors (Lipinski definition) is 4. The Bertz CT molecular complexity index is 1080. The van der Waals surface area contributed by atoms with Gasteiger partial charge in [-0.15, -0.1) is 0 Å². The van der Waals surface area contributed by atoms with Crippen molar-refractivity contribution in [3.8, 4) is 0 Å². The molecule has 0 N–H and O–H groups in total. The highest BCUT2D eigenvalue weighted by Gasteiger charge is 2.05. The van der Waals surface area contributed by atoms with E-state index in [-0.39, 0.29) is 0 Å². The van der Waals surface area contributed by atoms with Crippen LogP contribution in [0, 0.1) is 33.6 Å². The fourth-order valence-corrected chi connectivity index (χ4v) is 3.31. The van der Waals surface area contributed by atoms with Crippen molar-refractivity contribution in [1.29, 1.82) is 0 Å². The van der Waals surface area contributed by atoms with Crippen molar-refractivity contribution >= 4 is 22.7 Å². The van der Waals surface area contributed by atoms with E-state index in [1.165, 1.54) is 11.1 Å². The van der Waals surface area contributed by atoms with E-state index in [2.05, 4.69) is 72.4 Å². The Balaban J connectivity index is 1.77. The smallest absolute Gasteiger partial charge is 0.0890 e. The van der Waals surface area contributed by atoms with E-state index in [1.807, 2.05) is 44.2 Å². The molecule has 0 spiro atoms. The van der Waals surface area contributed by atoms with Gasteiger partial charge in [0.15, 0.2) is 0 Å². The van der Waals surface area contributed by atoms with Gasteiger partial charge in [-0.25, -0.2) is 0 Å². The molecule has 0 amide bonds. The Kier molecular flexibility index (Phi) is 6.88. The Morgan fingerprint density at radius 1 is 0.600 bits per heavy atom. The second-order valence-electron chi connectivity index (χ2n) is 8.38. The Morgan fingerprint density at radius 2 is 1.13 bits per heavy atom. The third kappa shape index (κ3) is 5.69. The van der Waals surface area contributed by atoms with Gasteiger partial charge in [0.25, 0.3) is 0 Å². The van der Waals surface area contributed by atoms with Crippen LogP contribution in [-0.4, -0.2) is 0 Å². The van der Waals surface area contributed by atoms with Gasteiger partial charge in [0, 0.05) is 0 Å². The summed E-state index contributed by atoms with van der Waals surface area (Å²) in [6.45, 7) is 12.6. The first kappa shape index (κ1) is 21.6. The second kappa shape index (κ2) is 9.57. The van der Waals surface area contributed by atoms with E-state index in [0.717, 1.165) is 45.9 Å². The Morgan fingerprint density at radius 3 is 1.70 bits per heavy atom. The molecule has 0 saturated heterocycles. The van der Waals surface area contributed by atoms with Crippen molar-refractivity contribution in [2.75, 3.05) is 0 Å². The summed E-state index contributed by atoms with van der Waals surface area (Å²) in [5.41, 5.74) is 9.18. The van der Waals surface area contributed by atoms with Crippen molar-refractivity contribution in [1.82, 2.24) is 0 Å². The lowest BCUT2D eigenvalue weighted by atomic mass is 10.0. The first-order chi connectivity index (χ1) is 14.3. The highest BCUT2D eigenvalue weighted by molar-refractivity contribution is 5.59.